The summed E-state index contributed by atoms with van der Waals surface area (Å²) in [6, 6.07) is 8.32. The van der Waals surface area contributed by atoms with Crippen molar-refractivity contribution in [3.63, 3.8) is 0 Å². The molecule has 1 aromatic heterocycles. The Bertz CT molecular complexity index is 645. The molecule has 1 heterocycles. The highest BCUT2D eigenvalue weighted by atomic mass is 79.9. The lowest BCUT2D eigenvalue weighted by atomic mass is 10.0. The fraction of sp³-hybridized carbons (Fsp3) is 0.0769. The van der Waals surface area contributed by atoms with E-state index in [9.17, 15) is 9.59 Å². The van der Waals surface area contributed by atoms with Gasteiger partial charge in [0.1, 0.15) is 6.26 Å². The molecule has 1 aromatic carbocycles. The SMILES string of the molecule is COC(=O)c1ccccc1-c1cc(Br)coc1=O. The fourth-order valence-electron chi connectivity index (χ4n) is 1.60. The molecule has 0 spiro atoms. The van der Waals surface area contributed by atoms with E-state index in [4.69, 9.17) is 4.42 Å². The zero-order chi connectivity index (χ0) is 13.1. The van der Waals surface area contributed by atoms with Crippen molar-refractivity contribution in [1.82, 2.24) is 0 Å². The maximum atomic E-state index is 11.7. The highest BCUT2D eigenvalue weighted by molar-refractivity contribution is 9.10. The highest BCUT2D eigenvalue weighted by Gasteiger charge is 2.15. The summed E-state index contributed by atoms with van der Waals surface area (Å²) in [5, 5.41) is 0. The van der Waals surface area contributed by atoms with E-state index in [1.54, 1.807) is 30.3 Å². The van der Waals surface area contributed by atoms with E-state index in [0.29, 0.717) is 21.2 Å². The second-order valence-electron chi connectivity index (χ2n) is 3.50. The van der Waals surface area contributed by atoms with Crippen LogP contribution in [0.3, 0.4) is 0 Å². The Morgan fingerprint density at radius 2 is 2.00 bits per heavy atom. The molecule has 0 aliphatic rings. The van der Waals surface area contributed by atoms with Crippen molar-refractivity contribution in [2.75, 3.05) is 7.11 Å². The van der Waals surface area contributed by atoms with Gasteiger partial charge in [-0.2, -0.15) is 0 Å². The van der Waals surface area contributed by atoms with Crippen molar-refractivity contribution >= 4 is 21.9 Å². The van der Waals surface area contributed by atoms with Gasteiger partial charge in [-0.05, 0) is 28.1 Å². The molecule has 0 radical (unpaired) electrons. The third-order valence-corrected chi connectivity index (χ3v) is 2.82. The van der Waals surface area contributed by atoms with E-state index in [1.165, 1.54) is 13.4 Å². The molecule has 0 amide bonds. The first-order valence-corrected chi connectivity index (χ1v) is 5.89. The molecule has 0 atom stereocenters. The van der Waals surface area contributed by atoms with Gasteiger partial charge in [0, 0.05) is 5.56 Å². The molecule has 92 valence electrons. The van der Waals surface area contributed by atoms with E-state index >= 15 is 0 Å². The van der Waals surface area contributed by atoms with Gasteiger partial charge < -0.3 is 9.15 Å². The normalized spacial score (nSPS) is 10.1. The lowest BCUT2D eigenvalue weighted by molar-refractivity contribution is 0.0601. The first-order valence-electron chi connectivity index (χ1n) is 5.09. The van der Waals surface area contributed by atoms with Crippen LogP contribution in [-0.2, 0) is 4.74 Å². The number of rotatable bonds is 2. The molecule has 0 saturated carbocycles. The first kappa shape index (κ1) is 12.6. The Labute approximate surface area is 111 Å². The molecule has 4 nitrogen and oxygen atoms in total. The van der Waals surface area contributed by atoms with Crippen LogP contribution in [0.1, 0.15) is 10.4 Å². The Balaban J connectivity index is 2.68. The minimum Gasteiger partial charge on any atom is -0.465 e. The second-order valence-corrected chi connectivity index (χ2v) is 4.42. The molecule has 2 rings (SSSR count). The standard InChI is InChI=1S/C13H9BrO4/c1-17-12(15)10-5-3-2-4-9(10)11-6-8(14)7-18-13(11)16/h2-7H,1H3. The smallest absolute Gasteiger partial charge is 0.343 e. The van der Waals surface area contributed by atoms with Gasteiger partial charge in [0.25, 0.3) is 0 Å². The highest BCUT2D eigenvalue weighted by Crippen LogP contribution is 2.23. The predicted molar refractivity (Wildman–Crippen MR) is 69.5 cm³/mol. The van der Waals surface area contributed by atoms with Crippen molar-refractivity contribution in [3.05, 3.63) is 57.1 Å². The largest absolute Gasteiger partial charge is 0.465 e. The Hall–Kier alpha value is -1.88. The summed E-state index contributed by atoms with van der Waals surface area (Å²) in [7, 11) is 1.29. The van der Waals surface area contributed by atoms with Gasteiger partial charge in [0.15, 0.2) is 0 Å². The Kier molecular flexibility index (Phi) is 3.62. The molecule has 0 fully saturated rings. The Morgan fingerprint density at radius 3 is 2.72 bits per heavy atom. The zero-order valence-electron chi connectivity index (χ0n) is 9.48. The summed E-state index contributed by atoms with van der Waals surface area (Å²) < 4.78 is 10.2. The number of benzene rings is 1. The molecule has 2 aromatic rings. The van der Waals surface area contributed by atoms with Crippen LogP contribution in [0.5, 0.6) is 0 Å². The maximum Gasteiger partial charge on any atom is 0.343 e. The van der Waals surface area contributed by atoms with Gasteiger partial charge in [-0.15, -0.1) is 0 Å². The average Bonchev–Trinajstić information content (AvgIpc) is 2.40. The van der Waals surface area contributed by atoms with Gasteiger partial charge in [-0.3, -0.25) is 0 Å². The number of hydrogen-bond donors (Lipinski definition) is 0. The van der Waals surface area contributed by atoms with Crippen LogP contribution >= 0.6 is 15.9 Å². The topological polar surface area (TPSA) is 56.5 Å². The molecular weight excluding hydrogens is 300 g/mol. The summed E-state index contributed by atoms with van der Waals surface area (Å²) in [5.41, 5.74) is 0.615. The van der Waals surface area contributed by atoms with E-state index in [1.807, 2.05) is 0 Å². The van der Waals surface area contributed by atoms with Gasteiger partial charge in [0.05, 0.1) is 22.7 Å². The van der Waals surface area contributed by atoms with E-state index < -0.39 is 11.6 Å². The quantitative estimate of drug-likeness (QED) is 0.801. The van der Waals surface area contributed by atoms with Gasteiger partial charge in [-0.25, -0.2) is 9.59 Å². The lowest BCUT2D eigenvalue weighted by Gasteiger charge is -2.06. The zero-order valence-corrected chi connectivity index (χ0v) is 11.1. The van der Waals surface area contributed by atoms with Gasteiger partial charge >= 0.3 is 11.6 Å². The minimum atomic E-state index is -0.505. The molecule has 18 heavy (non-hydrogen) atoms. The molecule has 0 aliphatic heterocycles. The Morgan fingerprint density at radius 1 is 1.28 bits per heavy atom. The number of carbonyl (C=O) groups is 1. The molecule has 0 bridgehead atoms. The van der Waals surface area contributed by atoms with Crippen LogP contribution in [0.15, 0.2) is 50.3 Å². The van der Waals surface area contributed by atoms with Crippen molar-refractivity contribution in [2.24, 2.45) is 0 Å². The molecule has 0 aliphatic carbocycles. The summed E-state index contributed by atoms with van der Waals surface area (Å²) in [4.78, 5) is 23.3. The van der Waals surface area contributed by atoms with E-state index in [2.05, 4.69) is 20.7 Å². The predicted octanol–water partition coefficient (Wildman–Crippen LogP) is 2.86. The van der Waals surface area contributed by atoms with Gasteiger partial charge in [-0.1, -0.05) is 18.2 Å². The van der Waals surface area contributed by atoms with E-state index in [0.717, 1.165) is 0 Å². The third-order valence-electron chi connectivity index (χ3n) is 2.40. The van der Waals surface area contributed by atoms with Crippen LogP contribution in [-0.4, -0.2) is 13.1 Å². The van der Waals surface area contributed by atoms with Crippen molar-refractivity contribution < 1.29 is 13.9 Å². The van der Waals surface area contributed by atoms with Gasteiger partial charge in [0.2, 0.25) is 0 Å². The van der Waals surface area contributed by atoms with Crippen LogP contribution in [0, 0.1) is 0 Å². The molecule has 0 saturated heterocycles. The van der Waals surface area contributed by atoms with Crippen LogP contribution in [0.2, 0.25) is 0 Å². The third kappa shape index (κ3) is 2.36. The number of halogens is 1. The monoisotopic (exact) mass is 308 g/mol. The summed E-state index contributed by atoms with van der Waals surface area (Å²) >= 11 is 3.22. The van der Waals surface area contributed by atoms with Crippen molar-refractivity contribution in [3.8, 4) is 11.1 Å². The number of esters is 1. The molecule has 0 N–H and O–H groups in total. The van der Waals surface area contributed by atoms with E-state index in [-0.39, 0.29) is 0 Å². The van der Waals surface area contributed by atoms with Crippen LogP contribution < -0.4 is 5.63 Å². The summed E-state index contributed by atoms with van der Waals surface area (Å²) in [6.45, 7) is 0. The number of methoxy groups -OCH3 is 1. The van der Waals surface area contributed by atoms with Crippen molar-refractivity contribution in [2.45, 2.75) is 0 Å². The molecule has 5 heteroatoms. The lowest BCUT2D eigenvalue weighted by Crippen LogP contribution is -2.08. The number of hydrogen-bond acceptors (Lipinski definition) is 4. The maximum absolute atomic E-state index is 11.7. The van der Waals surface area contributed by atoms with Crippen molar-refractivity contribution in [1.29, 1.82) is 0 Å². The molecule has 0 unspecified atom stereocenters. The minimum absolute atomic E-state index is 0.311. The van der Waals surface area contributed by atoms with Crippen LogP contribution in [0.25, 0.3) is 11.1 Å². The summed E-state index contributed by atoms with van der Waals surface area (Å²) in [6.07, 6.45) is 1.30. The fourth-order valence-corrected chi connectivity index (χ4v) is 1.92. The van der Waals surface area contributed by atoms with Crippen LogP contribution in [0.4, 0.5) is 0 Å². The first-order chi connectivity index (χ1) is 8.63. The summed E-state index contributed by atoms with van der Waals surface area (Å²) in [5.74, 6) is -0.495. The number of carbonyl (C=O) groups excluding carboxylic acids is 1. The second kappa shape index (κ2) is 5.18. The molecular formula is C13H9BrO4. The number of ether oxygens (including phenoxy) is 1. The average molecular weight is 309 g/mol.